The highest BCUT2D eigenvalue weighted by atomic mass is 32.2. The van der Waals surface area contributed by atoms with E-state index in [1.807, 2.05) is 0 Å². The zero-order valence-corrected chi connectivity index (χ0v) is 4.94. The topological polar surface area (TPSA) is 106 Å². The molecule has 2 N–H and O–H groups in total. The van der Waals surface area contributed by atoms with Crippen LogP contribution < -0.4 is 9.44 Å². The van der Waals surface area contributed by atoms with Gasteiger partial charge in [0.2, 0.25) is 0 Å². The summed E-state index contributed by atoms with van der Waals surface area (Å²) in [6.07, 6.45) is 2.28. The van der Waals surface area contributed by atoms with Crippen molar-refractivity contribution in [2.75, 3.05) is 0 Å². The number of hydrogen-bond donors (Lipinski definition) is 2. The van der Waals surface area contributed by atoms with Crippen molar-refractivity contribution in [1.82, 2.24) is 9.44 Å². The third-order valence-electron chi connectivity index (χ3n) is 0.360. The Morgan fingerprint density at radius 3 is 1.67 bits per heavy atom. The van der Waals surface area contributed by atoms with Crippen LogP contribution in [0, 0.1) is 22.9 Å². The smallest absolute Gasteiger partial charge is 0.202 e. The molecule has 0 rings (SSSR count). The maximum atomic E-state index is 10.2. The summed E-state index contributed by atoms with van der Waals surface area (Å²) in [4.78, 5) is 0. The molecule has 0 heterocycles. The highest BCUT2D eigenvalue weighted by Gasteiger charge is 2.02. The molecule has 0 radical (unpaired) electrons. The standard InChI is InChI=1S/C2H2N4O2S/c3-1-5-9(7,8)6-2-4/h5-6H. The molecule has 0 unspecified atom stereocenters. The van der Waals surface area contributed by atoms with Crippen molar-refractivity contribution in [3.05, 3.63) is 0 Å². The molecule has 0 fully saturated rings. The molecule has 0 aromatic carbocycles. The lowest BCUT2D eigenvalue weighted by atomic mass is 11.5. The van der Waals surface area contributed by atoms with E-state index in [0.717, 1.165) is 12.4 Å². The Kier molecular flexibility index (Phi) is 2.30. The van der Waals surface area contributed by atoms with Gasteiger partial charge >= 0.3 is 10.2 Å². The largest absolute Gasteiger partial charge is 0.338 e. The van der Waals surface area contributed by atoms with Crippen LogP contribution in [-0.2, 0) is 10.2 Å². The van der Waals surface area contributed by atoms with Crippen LogP contribution in [-0.4, -0.2) is 8.42 Å². The van der Waals surface area contributed by atoms with E-state index in [1.54, 1.807) is 0 Å². The molecule has 0 aliphatic rings. The Morgan fingerprint density at radius 1 is 1.11 bits per heavy atom. The molecule has 48 valence electrons. The molecule has 0 spiro atoms. The van der Waals surface area contributed by atoms with Gasteiger partial charge in [-0.05, 0) is 0 Å². The van der Waals surface area contributed by atoms with Crippen LogP contribution in [0.4, 0.5) is 0 Å². The van der Waals surface area contributed by atoms with Gasteiger partial charge in [0.05, 0.1) is 0 Å². The van der Waals surface area contributed by atoms with Crippen LogP contribution in [0.1, 0.15) is 0 Å². The molecule has 0 aliphatic carbocycles. The van der Waals surface area contributed by atoms with Crippen molar-refractivity contribution in [2.24, 2.45) is 0 Å². The van der Waals surface area contributed by atoms with Crippen LogP contribution in [0.25, 0.3) is 0 Å². The van der Waals surface area contributed by atoms with E-state index >= 15 is 0 Å². The summed E-state index contributed by atoms with van der Waals surface area (Å²) < 4.78 is 23.1. The fraction of sp³-hybridized carbons (Fsp3) is 0. The van der Waals surface area contributed by atoms with Crippen LogP contribution in [0.3, 0.4) is 0 Å². The van der Waals surface area contributed by atoms with E-state index < -0.39 is 10.2 Å². The number of nitriles is 2. The molecule has 0 aromatic rings. The number of rotatable bonds is 2. The SMILES string of the molecule is N#CNS(=O)(=O)NC#N. The summed E-state index contributed by atoms with van der Waals surface area (Å²) in [6, 6.07) is 0. The minimum atomic E-state index is -3.90. The maximum absolute atomic E-state index is 10.2. The lowest BCUT2D eigenvalue weighted by Gasteiger charge is -1.91. The van der Waals surface area contributed by atoms with Gasteiger partial charge in [-0.2, -0.15) is 18.9 Å². The molecule has 0 saturated carbocycles. The second-order valence-electron chi connectivity index (χ2n) is 0.931. The number of hydrogen-bond acceptors (Lipinski definition) is 4. The van der Waals surface area contributed by atoms with Crippen LogP contribution in [0.2, 0.25) is 0 Å². The zero-order valence-electron chi connectivity index (χ0n) is 4.12. The van der Waals surface area contributed by atoms with E-state index in [4.69, 9.17) is 10.5 Å². The van der Waals surface area contributed by atoms with Gasteiger partial charge in [0.15, 0.2) is 12.4 Å². The van der Waals surface area contributed by atoms with Gasteiger partial charge in [-0.3, -0.25) is 0 Å². The minimum Gasteiger partial charge on any atom is -0.202 e. The van der Waals surface area contributed by atoms with E-state index in [1.165, 1.54) is 9.44 Å². The molecule has 0 saturated heterocycles. The second kappa shape index (κ2) is 2.74. The van der Waals surface area contributed by atoms with E-state index in [9.17, 15) is 8.42 Å². The monoisotopic (exact) mass is 146 g/mol. The van der Waals surface area contributed by atoms with E-state index in [2.05, 4.69) is 0 Å². The van der Waals surface area contributed by atoms with Gasteiger partial charge in [-0.25, -0.2) is 9.44 Å². The molecule has 0 amide bonds. The Labute approximate surface area is 51.9 Å². The van der Waals surface area contributed by atoms with Crippen molar-refractivity contribution in [2.45, 2.75) is 0 Å². The molecular weight excluding hydrogens is 144 g/mol. The Hall–Kier alpha value is -1.47. The van der Waals surface area contributed by atoms with Crippen LogP contribution >= 0.6 is 0 Å². The average molecular weight is 146 g/mol. The van der Waals surface area contributed by atoms with Gasteiger partial charge in [0.25, 0.3) is 0 Å². The molecule has 0 bridgehead atoms. The molecule has 0 atom stereocenters. The predicted octanol–water partition coefficient (Wildman–Crippen LogP) is -1.63. The van der Waals surface area contributed by atoms with Crippen LogP contribution in [0.15, 0.2) is 0 Å². The summed E-state index contributed by atoms with van der Waals surface area (Å²) in [6.45, 7) is 0. The summed E-state index contributed by atoms with van der Waals surface area (Å²) in [7, 11) is -3.90. The lowest BCUT2D eigenvalue weighted by molar-refractivity contribution is 0.586. The number of nitrogens with one attached hydrogen (secondary N) is 2. The second-order valence-corrected chi connectivity index (χ2v) is 2.35. The molecule has 0 aromatic heterocycles. The van der Waals surface area contributed by atoms with Gasteiger partial charge in [0, 0.05) is 0 Å². The van der Waals surface area contributed by atoms with Crippen molar-refractivity contribution in [1.29, 1.82) is 10.5 Å². The van der Waals surface area contributed by atoms with Gasteiger partial charge in [-0.1, -0.05) is 0 Å². The highest BCUT2D eigenvalue weighted by molar-refractivity contribution is 7.87. The third kappa shape index (κ3) is 3.14. The maximum Gasteiger partial charge on any atom is 0.338 e. The predicted molar refractivity (Wildman–Crippen MR) is 26.4 cm³/mol. The normalized spacial score (nSPS) is 8.67. The molecule has 9 heavy (non-hydrogen) atoms. The first kappa shape index (κ1) is 7.53. The van der Waals surface area contributed by atoms with Gasteiger partial charge in [-0.15, -0.1) is 0 Å². The molecular formula is C2H2N4O2S. The summed E-state index contributed by atoms with van der Waals surface area (Å²) in [5, 5.41) is 15.5. The average Bonchev–Trinajstić information content (AvgIpc) is 1.64. The number of nitrogens with zero attached hydrogens (tertiary/aromatic N) is 2. The van der Waals surface area contributed by atoms with Crippen molar-refractivity contribution in [3.63, 3.8) is 0 Å². The Morgan fingerprint density at radius 2 is 1.44 bits per heavy atom. The van der Waals surface area contributed by atoms with Crippen molar-refractivity contribution >= 4 is 10.2 Å². The Balaban J connectivity index is 4.14. The highest BCUT2D eigenvalue weighted by Crippen LogP contribution is 1.68. The van der Waals surface area contributed by atoms with Crippen LogP contribution in [0.5, 0.6) is 0 Å². The van der Waals surface area contributed by atoms with Crippen molar-refractivity contribution in [3.8, 4) is 12.4 Å². The first-order valence-electron chi connectivity index (χ1n) is 1.69. The van der Waals surface area contributed by atoms with E-state index in [-0.39, 0.29) is 0 Å². The summed E-state index contributed by atoms with van der Waals surface area (Å²) in [5.74, 6) is 0. The van der Waals surface area contributed by atoms with E-state index in [0.29, 0.717) is 0 Å². The summed E-state index contributed by atoms with van der Waals surface area (Å²) in [5.41, 5.74) is 0. The zero-order chi connectivity index (χ0) is 7.33. The molecule has 6 nitrogen and oxygen atoms in total. The third-order valence-corrected chi connectivity index (χ3v) is 1.08. The quantitative estimate of drug-likeness (QED) is 0.360. The first-order chi connectivity index (χ1) is 4.12. The Bertz CT molecular complexity index is 231. The van der Waals surface area contributed by atoms with Crippen molar-refractivity contribution < 1.29 is 8.42 Å². The molecule has 0 aliphatic heterocycles. The minimum absolute atomic E-state index is 1.14. The molecule has 7 heteroatoms. The van der Waals surface area contributed by atoms with Gasteiger partial charge < -0.3 is 0 Å². The first-order valence-corrected chi connectivity index (χ1v) is 3.17. The summed E-state index contributed by atoms with van der Waals surface area (Å²) >= 11 is 0. The fourth-order valence-electron chi connectivity index (χ4n) is 0.146. The van der Waals surface area contributed by atoms with Gasteiger partial charge in [0.1, 0.15) is 0 Å². The lowest BCUT2D eigenvalue weighted by Crippen LogP contribution is -2.29. The fourth-order valence-corrected chi connectivity index (χ4v) is 0.437.